The molecule has 1 aliphatic rings. The maximum absolute atomic E-state index is 2.61. The van der Waals surface area contributed by atoms with Gasteiger partial charge in [0.15, 0.2) is 0 Å². The first-order valence-electron chi connectivity index (χ1n) is 7.75. The lowest BCUT2D eigenvalue weighted by Crippen LogP contribution is -2.29. The number of para-hydroxylation sites is 1. The van der Waals surface area contributed by atoms with Crippen LogP contribution in [0, 0.1) is 6.92 Å². The third-order valence-electron chi connectivity index (χ3n) is 4.42. The molecule has 0 atom stereocenters. The Balaban J connectivity index is 2.02. The summed E-state index contributed by atoms with van der Waals surface area (Å²) in [6.07, 6.45) is 8.40. The summed E-state index contributed by atoms with van der Waals surface area (Å²) < 4.78 is 2.33. The minimum absolute atomic E-state index is 1.09. The Morgan fingerprint density at radius 3 is 2.60 bits per heavy atom. The Morgan fingerprint density at radius 2 is 1.85 bits per heavy atom. The molecule has 3 rings (SSSR count). The fourth-order valence-corrected chi connectivity index (χ4v) is 3.34. The molecule has 1 aromatic heterocycles. The predicted molar refractivity (Wildman–Crippen MR) is 86.8 cm³/mol. The highest BCUT2D eigenvalue weighted by Gasteiger charge is 2.17. The molecule has 1 aromatic carbocycles. The second-order valence-corrected chi connectivity index (χ2v) is 5.77. The number of aromatic nitrogens is 1. The molecule has 0 unspecified atom stereocenters. The number of fused-ring (bicyclic) bond motifs is 1. The highest BCUT2D eigenvalue weighted by molar-refractivity contribution is 5.87. The highest BCUT2D eigenvalue weighted by Crippen LogP contribution is 2.28. The third-order valence-corrected chi connectivity index (χ3v) is 4.42. The summed E-state index contributed by atoms with van der Waals surface area (Å²) in [5, 5.41) is 1.41. The summed E-state index contributed by atoms with van der Waals surface area (Å²) in [6.45, 7) is 7.93. The quantitative estimate of drug-likeness (QED) is 0.799. The fraction of sp³-hybridized carbons (Fsp3) is 0.444. The Bertz CT molecular complexity index is 616. The van der Waals surface area contributed by atoms with Crippen LogP contribution in [0.15, 0.2) is 30.3 Å². The van der Waals surface area contributed by atoms with Crippen molar-refractivity contribution in [1.29, 1.82) is 0 Å². The molecule has 0 aliphatic carbocycles. The van der Waals surface area contributed by atoms with Crippen LogP contribution in [0.5, 0.6) is 0 Å². The summed E-state index contributed by atoms with van der Waals surface area (Å²) >= 11 is 0. The summed E-state index contributed by atoms with van der Waals surface area (Å²) in [4.78, 5) is 2.61. The van der Waals surface area contributed by atoms with E-state index >= 15 is 0 Å². The van der Waals surface area contributed by atoms with E-state index in [2.05, 4.69) is 59.9 Å². The van der Waals surface area contributed by atoms with Crippen LogP contribution in [-0.2, 0) is 6.54 Å². The number of likely N-dealkylation sites (tertiary alicyclic amines) is 1. The van der Waals surface area contributed by atoms with Gasteiger partial charge in [-0.25, -0.2) is 0 Å². The smallest absolute Gasteiger partial charge is 0.0528 e. The standard InChI is InChI=1S/C18H24N2/c1-3-11-20-15(2)17(14-19-12-7-4-8-13-19)16-9-5-6-10-18(16)20/h3,5-6,9-11H,4,7-8,12-14H2,1-2H3/b11-3+. The molecular weight excluding hydrogens is 244 g/mol. The van der Waals surface area contributed by atoms with Crippen molar-refractivity contribution in [3.8, 4) is 0 Å². The van der Waals surface area contributed by atoms with E-state index < -0.39 is 0 Å². The number of benzene rings is 1. The predicted octanol–water partition coefficient (Wildman–Crippen LogP) is 4.43. The first kappa shape index (κ1) is 13.4. The van der Waals surface area contributed by atoms with Gasteiger partial charge in [-0.05, 0) is 51.4 Å². The van der Waals surface area contributed by atoms with Crippen LogP contribution in [0.3, 0.4) is 0 Å². The number of hydrogen-bond acceptors (Lipinski definition) is 1. The van der Waals surface area contributed by atoms with Gasteiger partial charge >= 0.3 is 0 Å². The van der Waals surface area contributed by atoms with Crippen LogP contribution in [0.2, 0.25) is 0 Å². The number of nitrogens with zero attached hydrogens (tertiary/aromatic N) is 2. The molecule has 2 nitrogen and oxygen atoms in total. The zero-order chi connectivity index (χ0) is 13.9. The van der Waals surface area contributed by atoms with E-state index in [4.69, 9.17) is 0 Å². The normalized spacial score (nSPS) is 17.3. The fourth-order valence-electron chi connectivity index (χ4n) is 3.34. The molecule has 0 bridgehead atoms. The summed E-state index contributed by atoms with van der Waals surface area (Å²) in [5.74, 6) is 0. The summed E-state index contributed by atoms with van der Waals surface area (Å²) in [7, 11) is 0. The topological polar surface area (TPSA) is 8.17 Å². The molecule has 2 aromatic rings. The molecule has 0 radical (unpaired) electrons. The van der Waals surface area contributed by atoms with E-state index in [1.165, 1.54) is 54.5 Å². The molecule has 0 N–H and O–H groups in total. The molecule has 1 fully saturated rings. The number of hydrogen-bond donors (Lipinski definition) is 0. The largest absolute Gasteiger partial charge is 0.321 e. The maximum Gasteiger partial charge on any atom is 0.0528 e. The van der Waals surface area contributed by atoms with Gasteiger partial charge in [-0.3, -0.25) is 4.90 Å². The van der Waals surface area contributed by atoms with Crippen molar-refractivity contribution in [2.75, 3.05) is 13.1 Å². The lowest BCUT2D eigenvalue weighted by atomic mass is 10.1. The van der Waals surface area contributed by atoms with Gasteiger partial charge in [0.2, 0.25) is 0 Å². The van der Waals surface area contributed by atoms with Crippen molar-refractivity contribution in [3.05, 3.63) is 41.6 Å². The van der Waals surface area contributed by atoms with Gasteiger partial charge in [0.1, 0.15) is 0 Å². The van der Waals surface area contributed by atoms with Crippen LogP contribution in [0.4, 0.5) is 0 Å². The second kappa shape index (κ2) is 5.84. The summed E-state index contributed by atoms with van der Waals surface area (Å²) in [5.41, 5.74) is 4.21. The van der Waals surface area contributed by atoms with Crippen molar-refractivity contribution >= 4 is 17.1 Å². The van der Waals surface area contributed by atoms with Crippen molar-refractivity contribution in [2.24, 2.45) is 0 Å². The summed E-state index contributed by atoms with van der Waals surface area (Å²) in [6, 6.07) is 8.78. The molecule has 1 aliphatic heterocycles. The lowest BCUT2D eigenvalue weighted by Gasteiger charge is -2.26. The number of piperidine rings is 1. The van der Waals surface area contributed by atoms with Gasteiger partial charge in [0.25, 0.3) is 0 Å². The van der Waals surface area contributed by atoms with Crippen molar-refractivity contribution < 1.29 is 0 Å². The zero-order valence-corrected chi connectivity index (χ0v) is 12.6. The number of allylic oxidation sites excluding steroid dienone is 1. The van der Waals surface area contributed by atoms with Gasteiger partial charge in [-0.2, -0.15) is 0 Å². The van der Waals surface area contributed by atoms with Gasteiger partial charge in [0.05, 0.1) is 5.52 Å². The van der Waals surface area contributed by atoms with Crippen molar-refractivity contribution in [3.63, 3.8) is 0 Å². The average Bonchev–Trinajstić information content (AvgIpc) is 2.75. The van der Waals surface area contributed by atoms with E-state index in [9.17, 15) is 0 Å². The van der Waals surface area contributed by atoms with E-state index in [0.717, 1.165) is 6.54 Å². The van der Waals surface area contributed by atoms with Crippen LogP contribution in [0.1, 0.15) is 37.4 Å². The lowest BCUT2D eigenvalue weighted by molar-refractivity contribution is 0.221. The van der Waals surface area contributed by atoms with Crippen LogP contribution < -0.4 is 0 Å². The molecule has 0 saturated carbocycles. The Kier molecular flexibility index (Phi) is 3.93. The first-order chi connectivity index (χ1) is 9.81. The Morgan fingerprint density at radius 1 is 1.10 bits per heavy atom. The highest BCUT2D eigenvalue weighted by atomic mass is 15.1. The monoisotopic (exact) mass is 268 g/mol. The molecule has 106 valence electrons. The molecule has 1 saturated heterocycles. The third kappa shape index (κ3) is 2.40. The molecule has 2 heteroatoms. The average molecular weight is 268 g/mol. The first-order valence-corrected chi connectivity index (χ1v) is 7.75. The van der Waals surface area contributed by atoms with Crippen LogP contribution >= 0.6 is 0 Å². The van der Waals surface area contributed by atoms with Crippen LogP contribution in [0.25, 0.3) is 17.1 Å². The molecule has 2 heterocycles. The second-order valence-electron chi connectivity index (χ2n) is 5.77. The van der Waals surface area contributed by atoms with Crippen molar-refractivity contribution in [2.45, 2.75) is 39.7 Å². The Hall–Kier alpha value is -1.54. The van der Waals surface area contributed by atoms with E-state index in [1.54, 1.807) is 0 Å². The zero-order valence-electron chi connectivity index (χ0n) is 12.6. The molecule has 20 heavy (non-hydrogen) atoms. The minimum atomic E-state index is 1.09. The molecule has 0 spiro atoms. The maximum atomic E-state index is 2.61. The SMILES string of the molecule is C/C=C/n1c(C)c(CN2CCCCC2)c2ccccc21. The van der Waals surface area contributed by atoms with Gasteiger partial charge in [-0.1, -0.05) is 30.7 Å². The number of rotatable bonds is 3. The molecular formula is C18H24N2. The Labute approximate surface area is 121 Å². The molecule has 0 amide bonds. The van der Waals surface area contributed by atoms with Gasteiger partial charge in [-0.15, -0.1) is 0 Å². The van der Waals surface area contributed by atoms with Gasteiger partial charge in [0, 0.05) is 23.8 Å². The van der Waals surface area contributed by atoms with E-state index in [1.807, 2.05) is 0 Å². The minimum Gasteiger partial charge on any atom is -0.321 e. The van der Waals surface area contributed by atoms with Crippen LogP contribution in [-0.4, -0.2) is 22.6 Å². The van der Waals surface area contributed by atoms with Crippen molar-refractivity contribution in [1.82, 2.24) is 9.47 Å². The van der Waals surface area contributed by atoms with E-state index in [0.29, 0.717) is 0 Å². The van der Waals surface area contributed by atoms with Gasteiger partial charge < -0.3 is 4.57 Å². The van der Waals surface area contributed by atoms with E-state index in [-0.39, 0.29) is 0 Å².